The molecule has 2 aromatic rings. The normalized spacial score (nSPS) is 20.0. The number of hydrogen-bond donors (Lipinski definition) is 2. The van der Waals surface area contributed by atoms with E-state index in [0.29, 0.717) is 0 Å². The molecule has 1 spiro atoms. The number of anilines is 1. The van der Waals surface area contributed by atoms with Gasteiger partial charge in [-0.2, -0.15) is 0 Å². The van der Waals surface area contributed by atoms with Crippen LogP contribution in [-0.2, 0) is 6.54 Å². The second-order valence-corrected chi connectivity index (χ2v) is 7.44. The number of benzene rings is 2. The van der Waals surface area contributed by atoms with Gasteiger partial charge in [-0.25, -0.2) is 5.43 Å². The van der Waals surface area contributed by atoms with Gasteiger partial charge < -0.3 is 5.32 Å². The van der Waals surface area contributed by atoms with Gasteiger partial charge in [0.1, 0.15) is 5.66 Å². The Morgan fingerprint density at radius 1 is 1.00 bits per heavy atom. The monoisotopic (exact) mass is 352 g/mol. The largest absolute Gasteiger partial charge is 0.342 e. The molecule has 5 heteroatoms. The van der Waals surface area contributed by atoms with Crippen molar-refractivity contribution in [2.45, 2.75) is 32.0 Å². The molecule has 4 rings (SSSR count). The molecule has 25 heavy (non-hydrogen) atoms. The third-order valence-electron chi connectivity index (χ3n) is 5.13. The lowest BCUT2D eigenvalue weighted by Crippen LogP contribution is -2.57. The van der Waals surface area contributed by atoms with Gasteiger partial charge in [0.25, 0.3) is 0 Å². The van der Waals surface area contributed by atoms with E-state index in [1.807, 2.05) is 5.01 Å². The van der Waals surface area contributed by atoms with Gasteiger partial charge in [0.2, 0.25) is 0 Å². The average Bonchev–Trinajstić information content (AvgIpc) is 2.95. The highest BCUT2D eigenvalue weighted by Crippen LogP contribution is 2.28. The molecule has 0 radical (unpaired) electrons. The van der Waals surface area contributed by atoms with Crippen molar-refractivity contribution >= 4 is 23.0 Å². The molecule has 2 saturated heterocycles. The summed E-state index contributed by atoms with van der Waals surface area (Å²) in [6.45, 7) is 5.23. The van der Waals surface area contributed by atoms with Crippen LogP contribution in [0.15, 0.2) is 54.6 Å². The SMILES string of the molecule is Cc1ccc(N2NC3(CCN(Cc4ccccc4)CC3)NC2=S)cc1. The molecule has 0 unspecified atom stereocenters. The third-order valence-corrected chi connectivity index (χ3v) is 5.41. The first kappa shape index (κ1) is 16.5. The molecule has 2 aliphatic rings. The van der Waals surface area contributed by atoms with Crippen molar-refractivity contribution in [3.05, 3.63) is 65.7 Å². The molecular weight excluding hydrogens is 328 g/mol. The molecule has 0 amide bonds. The molecule has 2 heterocycles. The lowest BCUT2D eigenvalue weighted by Gasteiger charge is -2.39. The Bertz CT molecular complexity index is 736. The van der Waals surface area contributed by atoms with E-state index in [9.17, 15) is 0 Å². The van der Waals surface area contributed by atoms with Crippen LogP contribution in [0.2, 0.25) is 0 Å². The van der Waals surface area contributed by atoms with E-state index < -0.39 is 0 Å². The number of hydrazine groups is 1. The first-order chi connectivity index (χ1) is 12.1. The van der Waals surface area contributed by atoms with Crippen LogP contribution >= 0.6 is 12.2 Å². The fourth-order valence-corrected chi connectivity index (χ4v) is 3.95. The van der Waals surface area contributed by atoms with Gasteiger partial charge >= 0.3 is 0 Å². The van der Waals surface area contributed by atoms with Gasteiger partial charge in [-0.1, -0.05) is 48.0 Å². The maximum atomic E-state index is 5.58. The highest BCUT2D eigenvalue weighted by atomic mass is 32.1. The number of hydrogen-bond acceptors (Lipinski definition) is 3. The van der Waals surface area contributed by atoms with Crippen molar-refractivity contribution in [1.29, 1.82) is 0 Å². The number of rotatable bonds is 3. The summed E-state index contributed by atoms with van der Waals surface area (Å²) in [5.74, 6) is 0. The topological polar surface area (TPSA) is 30.5 Å². The van der Waals surface area contributed by atoms with E-state index in [-0.39, 0.29) is 5.66 Å². The van der Waals surface area contributed by atoms with E-state index in [1.54, 1.807) is 0 Å². The van der Waals surface area contributed by atoms with Gasteiger partial charge in [-0.3, -0.25) is 9.91 Å². The summed E-state index contributed by atoms with van der Waals surface area (Å²) in [6.07, 6.45) is 2.06. The predicted molar refractivity (Wildman–Crippen MR) is 106 cm³/mol. The van der Waals surface area contributed by atoms with Crippen molar-refractivity contribution in [2.24, 2.45) is 0 Å². The fourth-order valence-electron chi connectivity index (χ4n) is 3.60. The first-order valence-electron chi connectivity index (χ1n) is 8.87. The van der Waals surface area contributed by atoms with Gasteiger partial charge in [-0.05, 0) is 49.7 Å². The van der Waals surface area contributed by atoms with E-state index in [4.69, 9.17) is 12.2 Å². The Morgan fingerprint density at radius 2 is 1.68 bits per heavy atom. The minimum atomic E-state index is -0.116. The molecule has 130 valence electrons. The summed E-state index contributed by atoms with van der Waals surface area (Å²) in [4.78, 5) is 2.52. The van der Waals surface area contributed by atoms with E-state index in [1.165, 1.54) is 11.1 Å². The number of nitrogens with one attached hydrogen (secondary N) is 2. The molecule has 4 nitrogen and oxygen atoms in total. The van der Waals surface area contributed by atoms with E-state index in [0.717, 1.165) is 43.3 Å². The van der Waals surface area contributed by atoms with Gasteiger partial charge in [0.15, 0.2) is 5.11 Å². The van der Waals surface area contributed by atoms with Crippen molar-refractivity contribution in [3.8, 4) is 0 Å². The smallest absolute Gasteiger partial charge is 0.189 e. The maximum Gasteiger partial charge on any atom is 0.189 e. The van der Waals surface area contributed by atoms with Crippen molar-refractivity contribution in [3.63, 3.8) is 0 Å². The van der Waals surface area contributed by atoms with E-state index in [2.05, 4.69) is 77.2 Å². The van der Waals surface area contributed by atoms with Crippen LogP contribution in [0.5, 0.6) is 0 Å². The molecule has 0 atom stereocenters. The Kier molecular flexibility index (Phi) is 4.46. The summed E-state index contributed by atoms with van der Waals surface area (Å²) in [6, 6.07) is 19.1. The number of piperidine rings is 1. The van der Waals surface area contributed by atoms with Crippen LogP contribution in [0.3, 0.4) is 0 Å². The van der Waals surface area contributed by atoms with Gasteiger partial charge in [0.05, 0.1) is 5.69 Å². The van der Waals surface area contributed by atoms with Gasteiger partial charge in [-0.15, -0.1) is 0 Å². The standard InChI is InChI=1S/C20H24N4S/c1-16-7-9-18(10-8-16)24-19(25)21-20(22-24)11-13-23(14-12-20)15-17-5-3-2-4-6-17/h2-10,22H,11-15H2,1H3,(H,21,25). The Morgan fingerprint density at radius 3 is 2.36 bits per heavy atom. The molecule has 2 N–H and O–H groups in total. The van der Waals surface area contributed by atoms with E-state index >= 15 is 0 Å². The van der Waals surface area contributed by atoms with Crippen molar-refractivity contribution in [2.75, 3.05) is 18.1 Å². The lowest BCUT2D eigenvalue weighted by atomic mass is 9.97. The maximum absolute atomic E-state index is 5.58. The second-order valence-electron chi connectivity index (χ2n) is 7.06. The summed E-state index contributed by atoms with van der Waals surface area (Å²) in [5.41, 5.74) is 7.24. The van der Waals surface area contributed by atoms with Crippen LogP contribution in [0.4, 0.5) is 5.69 Å². The lowest BCUT2D eigenvalue weighted by molar-refractivity contribution is 0.131. The molecule has 2 aliphatic heterocycles. The molecule has 2 fully saturated rings. The zero-order chi connectivity index (χ0) is 17.3. The third kappa shape index (κ3) is 3.54. The summed E-state index contributed by atoms with van der Waals surface area (Å²) in [5, 5.41) is 6.32. The quantitative estimate of drug-likeness (QED) is 0.829. The summed E-state index contributed by atoms with van der Waals surface area (Å²) in [7, 11) is 0. The zero-order valence-corrected chi connectivity index (χ0v) is 15.4. The molecular formula is C20H24N4S. The predicted octanol–water partition coefficient (Wildman–Crippen LogP) is 3.19. The molecule has 0 bridgehead atoms. The molecule has 0 aromatic heterocycles. The minimum absolute atomic E-state index is 0.116. The summed E-state index contributed by atoms with van der Waals surface area (Å²) < 4.78 is 0. The van der Waals surface area contributed by atoms with Crippen molar-refractivity contribution < 1.29 is 0 Å². The number of aryl methyl sites for hydroxylation is 1. The average molecular weight is 353 g/mol. The molecule has 0 saturated carbocycles. The Hall–Kier alpha value is -1.95. The molecule has 0 aliphatic carbocycles. The fraction of sp³-hybridized carbons (Fsp3) is 0.350. The highest BCUT2D eigenvalue weighted by Gasteiger charge is 2.42. The zero-order valence-electron chi connectivity index (χ0n) is 14.5. The van der Waals surface area contributed by atoms with Gasteiger partial charge in [0, 0.05) is 19.6 Å². The Labute approximate surface area is 154 Å². The highest BCUT2D eigenvalue weighted by molar-refractivity contribution is 7.80. The minimum Gasteiger partial charge on any atom is -0.342 e. The first-order valence-corrected chi connectivity index (χ1v) is 9.27. The summed E-state index contributed by atoms with van der Waals surface area (Å²) >= 11 is 5.58. The van der Waals surface area contributed by atoms with Crippen LogP contribution in [0.25, 0.3) is 0 Å². The Balaban J connectivity index is 1.39. The van der Waals surface area contributed by atoms with Crippen molar-refractivity contribution in [1.82, 2.24) is 15.6 Å². The molecule has 2 aromatic carbocycles. The van der Waals surface area contributed by atoms with Crippen LogP contribution in [0, 0.1) is 6.92 Å². The number of thiocarbonyl (C=S) groups is 1. The van der Waals surface area contributed by atoms with Crippen LogP contribution in [0.1, 0.15) is 24.0 Å². The number of nitrogens with zero attached hydrogens (tertiary/aromatic N) is 2. The number of likely N-dealkylation sites (tertiary alicyclic amines) is 1. The van der Waals surface area contributed by atoms with Crippen LogP contribution in [-0.4, -0.2) is 28.8 Å². The van der Waals surface area contributed by atoms with Crippen LogP contribution < -0.4 is 15.8 Å². The second kappa shape index (κ2) is 6.75.